The number of carbonyl (C=O) groups excluding carboxylic acids is 1. The second-order valence-corrected chi connectivity index (χ2v) is 6.50. The van der Waals surface area contributed by atoms with Crippen LogP contribution in [0.25, 0.3) is 5.57 Å². The Balaban J connectivity index is 1.60. The summed E-state index contributed by atoms with van der Waals surface area (Å²) in [7, 11) is 0. The Morgan fingerprint density at radius 3 is 2.59 bits per heavy atom. The molecule has 1 aliphatic heterocycles. The SMILES string of the molecule is N#Cc1cnc(C2=CCN(C(=O)Nc3ccc(OC(F)(F)F)cc3)CC2)c(Cl)c1. The minimum Gasteiger partial charge on any atom is -0.406 e. The number of anilines is 1. The van der Waals surface area contributed by atoms with Crippen LogP contribution in [0.1, 0.15) is 17.7 Å². The number of alkyl halides is 3. The molecule has 3 rings (SSSR count). The van der Waals surface area contributed by atoms with Crippen LogP contribution < -0.4 is 10.1 Å². The molecule has 2 aromatic rings. The summed E-state index contributed by atoms with van der Waals surface area (Å²) < 4.78 is 40.3. The van der Waals surface area contributed by atoms with Crippen molar-refractivity contribution in [2.24, 2.45) is 0 Å². The first-order chi connectivity index (χ1) is 13.7. The zero-order valence-electron chi connectivity index (χ0n) is 14.8. The third kappa shape index (κ3) is 5.39. The molecular formula is C19H14ClF3N4O2. The van der Waals surface area contributed by atoms with Crippen molar-refractivity contribution in [2.45, 2.75) is 12.8 Å². The van der Waals surface area contributed by atoms with E-state index in [-0.39, 0.29) is 11.8 Å². The first-order valence-electron chi connectivity index (χ1n) is 8.42. The Hall–Kier alpha value is -3.25. The molecule has 0 radical (unpaired) electrons. The van der Waals surface area contributed by atoms with Gasteiger partial charge in [-0.05, 0) is 42.3 Å². The van der Waals surface area contributed by atoms with Crippen molar-refractivity contribution in [3.63, 3.8) is 0 Å². The molecule has 1 aromatic heterocycles. The number of pyridine rings is 1. The normalized spacial score (nSPS) is 14.0. The number of ether oxygens (including phenoxy) is 1. The zero-order valence-corrected chi connectivity index (χ0v) is 15.6. The van der Waals surface area contributed by atoms with Gasteiger partial charge in [0.15, 0.2) is 0 Å². The maximum atomic E-state index is 12.4. The van der Waals surface area contributed by atoms with Gasteiger partial charge in [-0.3, -0.25) is 4.98 Å². The van der Waals surface area contributed by atoms with E-state index in [4.69, 9.17) is 16.9 Å². The third-order valence-corrected chi connectivity index (χ3v) is 4.40. The molecule has 0 aliphatic carbocycles. The van der Waals surface area contributed by atoms with E-state index in [0.29, 0.717) is 41.5 Å². The molecule has 0 unspecified atom stereocenters. The number of nitriles is 1. The average molecular weight is 423 g/mol. The minimum atomic E-state index is -4.77. The summed E-state index contributed by atoms with van der Waals surface area (Å²) in [6, 6.07) is 8.01. The fraction of sp³-hybridized carbons (Fsp3) is 0.211. The predicted molar refractivity (Wildman–Crippen MR) is 100 cm³/mol. The van der Waals surface area contributed by atoms with Crippen molar-refractivity contribution < 1.29 is 22.7 Å². The van der Waals surface area contributed by atoms with E-state index >= 15 is 0 Å². The van der Waals surface area contributed by atoms with Gasteiger partial charge in [-0.1, -0.05) is 17.7 Å². The minimum absolute atomic E-state index is 0.314. The average Bonchev–Trinajstić information content (AvgIpc) is 2.68. The monoisotopic (exact) mass is 422 g/mol. The molecule has 0 spiro atoms. The first kappa shape index (κ1) is 20.5. The van der Waals surface area contributed by atoms with E-state index in [1.165, 1.54) is 24.4 Å². The molecule has 1 N–H and O–H groups in total. The van der Waals surface area contributed by atoms with Crippen LogP contribution in [0.3, 0.4) is 0 Å². The first-order valence-corrected chi connectivity index (χ1v) is 8.80. The molecule has 0 saturated carbocycles. The number of rotatable bonds is 3. The number of nitrogens with one attached hydrogen (secondary N) is 1. The van der Waals surface area contributed by atoms with E-state index in [2.05, 4.69) is 15.0 Å². The van der Waals surface area contributed by atoms with Gasteiger partial charge >= 0.3 is 12.4 Å². The molecule has 0 atom stereocenters. The van der Waals surface area contributed by atoms with Gasteiger partial charge in [0.25, 0.3) is 0 Å². The number of halogens is 4. The van der Waals surface area contributed by atoms with Crippen LogP contribution in [-0.4, -0.2) is 35.4 Å². The number of amides is 2. The van der Waals surface area contributed by atoms with Crippen molar-refractivity contribution in [2.75, 3.05) is 18.4 Å². The van der Waals surface area contributed by atoms with Crippen molar-refractivity contribution >= 4 is 28.9 Å². The van der Waals surface area contributed by atoms with Crippen LogP contribution in [-0.2, 0) is 0 Å². The molecular weight excluding hydrogens is 409 g/mol. The molecule has 2 heterocycles. The largest absolute Gasteiger partial charge is 0.573 e. The topological polar surface area (TPSA) is 78.2 Å². The highest BCUT2D eigenvalue weighted by Crippen LogP contribution is 2.28. The number of nitrogens with zero attached hydrogens (tertiary/aromatic N) is 3. The standard InChI is InChI=1S/C19H14ClF3N4O2/c20-16-9-12(10-24)11-25-17(16)13-5-7-27(8-6-13)18(28)26-14-1-3-15(4-2-14)29-19(21,22)23/h1-5,9,11H,6-8H2,(H,26,28). The number of aromatic nitrogens is 1. The lowest BCUT2D eigenvalue weighted by atomic mass is 10.0. The van der Waals surface area contributed by atoms with Gasteiger partial charge in [-0.25, -0.2) is 4.79 Å². The highest BCUT2D eigenvalue weighted by atomic mass is 35.5. The molecule has 0 fully saturated rings. The Kier molecular flexibility index (Phi) is 5.94. The van der Waals surface area contributed by atoms with Crippen LogP contribution in [0.15, 0.2) is 42.6 Å². The summed E-state index contributed by atoms with van der Waals surface area (Å²) in [5.74, 6) is -0.368. The van der Waals surface area contributed by atoms with Gasteiger partial charge in [-0.2, -0.15) is 5.26 Å². The van der Waals surface area contributed by atoms with Gasteiger partial charge in [0.2, 0.25) is 0 Å². The van der Waals surface area contributed by atoms with E-state index < -0.39 is 6.36 Å². The summed E-state index contributed by atoms with van der Waals surface area (Å²) in [6.45, 7) is 0.722. The second-order valence-electron chi connectivity index (χ2n) is 6.09. The fourth-order valence-corrected chi connectivity index (χ4v) is 3.03. The second kappa shape index (κ2) is 8.41. The van der Waals surface area contributed by atoms with E-state index in [1.54, 1.807) is 4.90 Å². The lowest BCUT2D eigenvalue weighted by molar-refractivity contribution is -0.274. The molecule has 150 valence electrons. The van der Waals surface area contributed by atoms with Gasteiger partial charge in [0, 0.05) is 25.0 Å². The van der Waals surface area contributed by atoms with Crippen LogP contribution >= 0.6 is 11.6 Å². The van der Waals surface area contributed by atoms with Crippen molar-refractivity contribution in [3.05, 3.63) is 58.9 Å². The predicted octanol–water partition coefficient (Wildman–Crippen LogP) is 4.83. The van der Waals surface area contributed by atoms with Crippen molar-refractivity contribution in [1.29, 1.82) is 5.26 Å². The Morgan fingerprint density at radius 2 is 2.03 bits per heavy atom. The molecule has 1 aromatic carbocycles. The third-order valence-electron chi connectivity index (χ3n) is 4.11. The molecule has 10 heteroatoms. The molecule has 6 nitrogen and oxygen atoms in total. The van der Waals surface area contributed by atoms with E-state index in [1.807, 2.05) is 12.1 Å². The molecule has 0 saturated heterocycles. The molecule has 29 heavy (non-hydrogen) atoms. The quantitative estimate of drug-likeness (QED) is 0.768. The smallest absolute Gasteiger partial charge is 0.406 e. The van der Waals surface area contributed by atoms with Gasteiger partial charge in [0.05, 0.1) is 16.3 Å². The van der Waals surface area contributed by atoms with E-state index in [9.17, 15) is 18.0 Å². The summed E-state index contributed by atoms with van der Waals surface area (Å²) >= 11 is 6.17. The number of carbonyl (C=O) groups is 1. The number of urea groups is 1. The Morgan fingerprint density at radius 1 is 1.31 bits per heavy atom. The molecule has 0 bridgehead atoms. The van der Waals surface area contributed by atoms with Gasteiger partial charge < -0.3 is 15.0 Å². The maximum Gasteiger partial charge on any atom is 0.573 e. The van der Waals surface area contributed by atoms with Crippen LogP contribution in [0.2, 0.25) is 5.02 Å². The molecule has 1 aliphatic rings. The lowest BCUT2D eigenvalue weighted by Crippen LogP contribution is -2.37. The number of hydrogen-bond acceptors (Lipinski definition) is 4. The molecule has 2 amide bonds. The lowest BCUT2D eigenvalue weighted by Gasteiger charge is -2.26. The van der Waals surface area contributed by atoms with Crippen LogP contribution in [0.4, 0.5) is 23.7 Å². The van der Waals surface area contributed by atoms with Crippen molar-refractivity contribution in [1.82, 2.24) is 9.88 Å². The highest BCUT2D eigenvalue weighted by Gasteiger charge is 2.31. The van der Waals surface area contributed by atoms with Crippen molar-refractivity contribution in [3.8, 4) is 11.8 Å². The number of hydrogen-bond donors (Lipinski definition) is 1. The summed E-state index contributed by atoms with van der Waals surface area (Å²) in [5.41, 5.74) is 2.15. The van der Waals surface area contributed by atoms with Gasteiger partial charge in [0.1, 0.15) is 11.8 Å². The summed E-state index contributed by atoms with van der Waals surface area (Å²) in [4.78, 5) is 18.1. The Bertz CT molecular complexity index is 984. The van der Waals surface area contributed by atoms with Crippen LogP contribution in [0, 0.1) is 11.3 Å². The van der Waals surface area contributed by atoms with Crippen LogP contribution in [0.5, 0.6) is 5.75 Å². The summed E-state index contributed by atoms with van der Waals surface area (Å²) in [6.07, 6.45) is -0.989. The van der Waals surface area contributed by atoms with Gasteiger partial charge in [-0.15, -0.1) is 13.2 Å². The summed E-state index contributed by atoms with van der Waals surface area (Å²) in [5, 5.41) is 11.9. The van der Waals surface area contributed by atoms with E-state index in [0.717, 1.165) is 17.7 Å². The zero-order chi connectivity index (χ0) is 21.0. The fourth-order valence-electron chi connectivity index (χ4n) is 2.75. The number of benzene rings is 1. The maximum absolute atomic E-state index is 12.4. The highest BCUT2D eigenvalue weighted by molar-refractivity contribution is 6.32. The Labute approximate surface area is 169 Å².